The summed E-state index contributed by atoms with van der Waals surface area (Å²) in [6.07, 6.45) is 1.68. The molecule has 1 heterocycles. The SMILES string of the molecule is COC(=O)c1ccc(Nc2cnc3ccccc3n2)cc1. The van der Waals surface area contributed by atoms with E-state index in [2.05, 4.69) is 20.0 Å². The molecule has 3 aromatic rings. The first-order chi connectivity index (χ1) is 10.3. The van der Waals surface area contributed by atoms with Gasteiger partial charge in [0.2, 0.25) is 0 Å². The molecule has 104 valence electrons. The molecule has 0 saturated heterocycles. The third-order valence-corrected chi connectivity index (χ3v) is 3.03. The van der Waals surface area contributed by atoms with Crippen LogP contribution in [0, 0.1) is 0 Å². The Bertz CT molecular complexity index is 785. The first kappa shape index (κ1) is 13.1. The number of para-hydroxylation sites is 2. The maximum atomic E-state index is 11.4. The van der Waals surface area contributed by atoms with Crippen LogP contribution in [0.15, 0.2) is 54.7 Å². The Morgan fingerprint density at radius 2 is 1.76 bits per heavy atom. The maximum absolute atomic E-state index is 11.4. The first-order valence-corrected chi connectivity index (χ1v) is 6.43. The van der Waals surface area contributed by atoms with Gasteiger partial charge in [-0.25, -0.2) is 9.78 Å². The van der Waals surface area contributed by atoms with E-state index >= 15 is 0 Å². The number of methoxy groups -OCH3 is 1. The van der Waals surface area contributed by atoms with E-state index in [0.717, 1.165) is 16.7 Å². The van der Waals surface area contributed by atoms with Crippen LogP contribution >= 0.6 is 0 Å². The minimum atomic E-state index is -0.355. The van der Waals surface area contributed by atoms with Gasteiger partial charge in [0.15, 0.2) is 0 Å². The highest BCUT2D eigenvalue weighted by atomic mass is 16.5. The molecular weight excluding hydrogens is 266 g/mol. The van der Waals surface area contributed by atoms with Gasteiger partial charge in [0.25, 0.3) is 0 Å². The molecule has 3 rings (SSSR count). The normalized spacial score (nSPS) is 10.3. The van der Waals surface area contributed by atoms with Crippen LogP contribution in [0.25, 0.3) is 11.0 Å². The van der Waals surface area contributed by atoms with Crippen LogP contribution in [-0.4, -0.2) is 23.0 Å². The summed E-state index contributed by atoms with van der Waals surface area (Å²) < 4.78 is 4.66. The van der Waals surface area contributed by atoms with E-state index in [1.54, 1.807) is 30.5 Å². The Morgan fingerprint density at radius 1 is 1.05 bits per heavy atom. The summed E-state index contributed by atoms with van der Waals surface area (Å²) in [5, 5.41) is 3.15. The fourth-order valence-corrected chi connectivity index (χ4v) is 1.97. The van der Waals surface area contributed by atoms with Gasteiger partial charge in [0, 0.05) is 5.69 Å². The average Bonchev–Trinajstić information content (AvgIpc) is 2.55. The zero-order valence-electron chi connectivity index (χ0n) is 11.4. The summed E-state index contributed by atoms with van der Waals surface area (Å²) in [7, 11) is 1.36. The predicted molar refractivity (Wildman–Crippen MR) is 80.6 cm³/mol. The minimum absolute atomic E-state index is 0.355. The number of hydrogen-bond donors (Lipinski definition) is 1. The van der Waals surface area contributed by atoms with Crippen molar-refractivity contribution >= 4 is 28.5 Å². The number of ether oxygens (including phenoxy) is 1. The number of nitrogens with one attached hydrogen (secondary N) is 1. The Labute approximate surface area is 121 Å². The van der Waals surface area contributed by atoms with Crippen LogP contribution in [-0.2, 0) is 4.74 Å². The lowest BCUT2D eigenvalue weighted by molar-refractivity contribution is 0.0601. The van der Waals surface area contributed by atoms with Crippen molar-refractivity contribution in [3.8, 4) is 0 Å². The molecule has 0 unspecified atom stereocenters. The molecule has 0 bridgehead atoms. The van der Waals surface area contributed by atoms with Gasteiger partial charge in [-0.05, 0) is 36.4 Å². The number of aromatic nitrogens is 2. The van der Waals surface area contributed by atoms with Crippen molar-refractivity contribution in [2.75, 3.05) is 12.4 Å². The quantitative estimate of drug-likeness (QED) is 0.746. The Hall–Kier alpha value is -2.95. The molecule has 0 aliphatic heterocycles. The van der Waals surface area contributed by atoms with Crippen molar-refractivity contribution in [2.45, 2.75) is 0 Å². The molecule has 0 aliphatic rings. The van der Waals surface area contributed by atoms with E-state index < -0.39 is 0 Å². The molecule has 5 heteroatoms. The number of benzene rings is 2. The van der Waals surface area contributed by atoms with Crippen molar-refractivity contribution in [1.29, 1.82) is 0 Å². The summed E-state index contributed by atoms with van der Waals surface area (Å²) in [6.45, 7) is 0. The van der Waals surface area contributed by atoms with E-state index in [4.69, 9.17) is 0 Å². The molecule has 21 heavy (non-hydrogen) atoms. The largest absolute Gasteiger partial charge is 0.465 e. The van der Waals surface area contributed by atoms with Gasteiger partial charge in [-0.2, -0.15) is 0 Å². The van der Waals surface area contributed by atoms with Crippen molar-refractivity contribution in [1.82, 2.24) is 9.97 Å². The van der Waals surface area contributed by atoms with Gasteiger partial charge in [0.05, 0.1) is 29.9 Å². The Kier molecular flexibility index (Phi) is 3.47. The molecule has 1 aromatic heterocycles. The van der Waals surface area contributed by atoms with Gasteiger partial charge < -0.3 is 10.1 Å². The lowest BCUT2D eigenvalue weighted by Crippen LogP contribution is -2.01. The molecule has 0 amide bonds. The van der Waals surface area contributed by atoms with Crippen molar-refractivity contribution in [3.63, 3.8) is 0 Å². The molecule has 0 spiro atoms. The highest BCUT2D eigenvalue weighted by Gasteiger charge is 2.05. The average molecular weight is 279 g/mol. The second-order valence-electron chi connectivity index (χ2n) is 4.44. The molecule has 0 saturated carbocycles. The number of carbonyl (C=O) groups excluding carboxylic acids is 1. The van der Waals surface area contributed by atoms with Crippen LogP contribution < -0.4 is 5.32 Å². The summed E-state index contributed by atoms with van der Waals surface area (Å²) in [5.74, 6) is 0.298. The predicted octanol–water partition coefficient (Wildman–Crippen LogP) is 3.16. The summed E-state index contributed by atoms with van der Waals surface area (Å²) in [5.41, 5.74) is 3.01. The van der Waals surface area contributed by atoms with E-state index in [-0.39, 0.29) is 5.97 Å². The number of fused-ring (bicyclic) bond motifs is 1. The summed E-state index contributed by atoms with van der Waals surface area (Å²) >= 11 is 0. The van der Waals surface area contributed by atoms with Crippen LogP contribution in [0.1, 0.15) is 10.4 Å². The van der Waals surface area contributed by atoms with Gasteiger partial charge >= 0.3 is 5.97 Å². The lowest BCUT2D eigenvalue weighted by Gasteiger charge is -2.07. The molecule has 1 N–H and O–H groups in total. The topological polar surface area (TPSA) is 64.1 Å². The number of carbonyl (C=O) groups is 1. The smallest absolute Gasteiger partial charge is 0.337 e. The Morgan fingerprint density at radius 3 is 2.48 bits per heavy atom. The maximum Gasteiger partial charge on any atom is 0.337 e. The fourth-order valence-electron chi connectivity index (χ4n) is 1.97. The molecule has 5 nitrogen and oxygen atoms in total. The standard InChI is InChI=1S/C16H13N3O2/c1-21-16(20)11-6-8-12(9-7-11)18-15-10-17-13-4-2-3-5-14(13)19-15/h2-10H,1H3,(H,18,19). The number of esters is 1. The first-order valence-electron chi connectivity index (χ1n) is 6.43. The monoisotopic (exact) mass is 279 g/mol. The van der Waals surface area contributed by atoms with Crippen LogP contribution in [0.2, 0.25) is 0 Å². The second kappa shape index (κ2) is 5.58. The number of hydrogen-bond acceptors (Lipinski definition) is 5. The molecule has 2 aromatic carbocycles. The molecule has 0 radical (unpaired) electrons. The van der Waals surface area contributed by atoms with E-state index in [0.29, 0.717) is 11.4 Å². The lowest BCUT2D eigenvalue weighted by atomic mass is 10.2. The molecule has 0 fully saturated rings. The van der Waals surface area contributed by atoms with Crippen LogP contribution in [0.5, 0.6) is 0 Å². The van der Waals surface area contributed by atoms with E-state index in [9.17, 15) is 4.79 Å². The van der Waals surface area contributed by atoms with E-state index in [1.165, 1.54) is 7.11 Å². The van der Waals surface area contributed by atoms with Crippen molar-refractivity contribution < 1.29 is 9.53 Å². The summed E-state index contributed by atoms with van der Waals surface area (Å²) in [4.78, 5) is 20.2. The van der Waals surface area contributed by atoms with Crippen LogP contribution in [0.3, 0.4) is 0 Å². The van der Waals surface area contributed by atoms with Gasteiger partial charge in [-0.3, -0.25) is 4.98 Å². The van der Waals surface area contributed by atoms with Crippen LogP contribution in [0.4, 0.5) is 11.5 Å². The van der Waals surface area contributed by atoms with Gasteiger partial charge in [-0.1, -0.05) is 12.1 Å². The van der Waals surface area contributed by atoms with Gasteiger partial charge in [0.1, 0.15) is 5.82 Å². The van der Waals surface area contributed by atoms with Crippen molar-refractivity contribution in [3.05, 3.63) is 60.3 Å². The number of anilines is 2. The minimum Gasteiger partial charge on any atom is -0.465 e. The molecule has 0 atom stereocenters. The highest BCUT2D eigenvalue weighted by molar-refractivity contribution is 5.89. The Balaban J connectivity index is 1.83. The van der Waals surface area contributed by atoms with Gasteiger partial charge in [-0.15, -0.1) is 0 Å². The van der Waals surface area contributed by atoms with E-state index in [1.807, 2.05) is 24.3 Å². The second-order valence-corrected chi connectivity index (χ2v) is 4.44. The molecular formula is C16H13N3O2. The zero-order valence-corrected chi connectivity index (χ0v) is 11.4. The number of rotatable bonds is 3. The fraction of sp³-hybridized carbons (Fsp3) is 0.0625. The number of nitrogens with zero attached hydrogens (tertiary/aromatic N) is 2. The summed E-state index contributed by atoms with van der Waals surface area (Å²) in [6, 6.07) is 14.7. The zero-order chi connectivity index (χ0) is 14.7. The molecule has 0 aliphatic carbocycles. The highest BCUT2D eigenvalue weighted by Crippen LogP contribution is 2.17. The third kappa shape index (κ3) is 2.81. The van der Waals surface area contributed by atoms with Crippen molar-refractivity contribution in [2.24, 2.45) is 0 Å². The third-order valence-electron chi connectivity index (χ3n) is 3.03.